The van der Waals surface area contributed by atoms with Gasteiger partial charge in [-0.2, -0.15) is 0 Å². The van der Waals surface area contributed by atoms with E-state index >= 15 is 0 Å². The normalized spacial score (nSPS) is 11.1. The monoisotopic (exact) mass is 328 g/mol. The number of aliphatic hydroxyl groups is 1. The molecule has 1 heterocycles. The molecule has 0 amide bonds. The zero-order valence-electron chi connectivity index (χ0n) is 12.7. The largest absolute Gasteiger partial charge is 0.508 e. The lowest BCUT2D eigenvalue weighted by Gasteiger charge is -2.05. The van der Waals surface area contributed by atoms with Crippen molar-refractivity contribution >= 4 is 35.3 Å². The topological polar surface area (TPSA) is 81.9 Å². The summed E-state index contributed by atoms with van der Waals surface area (Å²) in [7, 11) is 0. The Hall–Kier alpha value is -2.62. The second-order valence-corrected chi connectivity index (χ2v) is 6.32. The predicted octanol–water partition coefficient (Wildman–Crippen LogP) is 3.16. The highest BCUT2D eigenvalue weighted by Crippen LogP contribution is 2.27. The third kappa shape index (κ3) is 5.25. The van der Waals surface area contributed by atoms with Crippen LogP contribution >= 0.6 is 11.3 Å². The van der Waals surface area contributed by atoms with Gasteiger partial charge >= 0.3 is 0 Å². The van der Waals surface area contributed by atoms with E-state index in [1.165, 1.54) is 17.7 Å². The van der Waals surface area contributed by atoms with Crippen molar-refractivity contribution in [3.63, 3.8) is 0 Å². The number of carbonyl (C=O) groups is 1. The molecular formula is C17H16N2O3S. The van der Waals surface area contributed by atoms with Gasteiger partial charge in [-0.3, -0.25) is 4.79 Å². The lowest BCUT2D eigenvalue weighted by atomic mass is 10.1. The van der Waals surface area contributed by atoms with Crippen LogP contribution in [0.1, 0.15) is 28.4 Å². The van der Waals surface area contributed by atoms with E-state index in [0.29, 0.717) is 15.4 Å². The average molecular weight is 328 g/mol. The van der Waals surface area contributed by atoms with Gasteiger partial charge in [0.15, 0.2) is 6.29 Å². The number of nitrogens with zero attached hydrogens (tertiary/aromatic N) is 1. The minimum absolute atomic E-state index is 0.184. The van der Waals surface area contributed by atoms with E-state index < -0.39 is 5.60 Å². The van der Waals surface area contributed by atoms with Gasteiger partial charge in [-0.15, -0.1) is 11.3 Å². The maximum absolute atomic E-state index is 11.1. The van der Waals surface area contributed by atoms with Crippen LogP contribution in [0.15, 0.2) is 35.3 Å². The van der Waals surface area contributed by atoms with E-state index in [-0.39, 0.29) is 5.75 Å². The maximum atomic E-state index is 11.1. The van der Waals surface area contributed by atoms with Crippen LogP contribution in [0, 0.1) is 11.8 Å². The van der Waals surface area contributed by atoms with E-state index in [2.05, 4.69) is 22.2 Å². The van der Waals surface area contributed by atoms with Gasteiger partial charge in [-0.05, 0) is 44.2 Å². The molecule has 6 heteroatoms. The number of thiophene rings is 1. The van der Waals surface area contributed by atoms with Gasteiger partial charge in [0.1, 0.15) is 11.4 Å². The minimum atomic E-state index is -1.09. The van der Waals surface area contributed by atoms with Gasteiger partial charge in [0.05, 0.1) is 21.8 Å². The summed E-state index contributed by atoms with van der Waals surface area (Å²) < 4.78 is 0. The van der Waals surface area contributed by atoms with Gasteiger partial charge in [0, 0.05) is 5.69 Å². The number of aldehydes is 1. The predicted molar refractivity (Wildman–Crippen MR) is 92.8 cm³/mol. The number of benzene rings is 1. The number of nitrogens with one attached hydrogen (secondary N) is 1. The minimum Gasteiger partial charge on any atom is -0.508 e. The molecule has 0 fully saturated rings. The number of aliphatic imine (C=N–C) groups is 1. The van der Waals surface area contributed by atoms with Gasteiger partial charge in [0.2, 0.25) is 0 Å². The quantitative estimate of drug-likeness (QED) is 0.265. The van der Waals surface area contributed by atoms with E-state index in [9.17, 15) is 15.0 Å². The highest BCUT2D eigenvalue weighted by atomic mass is 32.1. The van der Waals surface area contributed by atoms with Crippen molar-refractivity contribution in [1.82, 2.24) is 0 Å². The fourth-order valence-corrected chi connectivity index (χ4v) is 2.36. The highest BCUT2D eigenvalue weighted by molar-refractivity contribution is 7.14. The SMILES string of the molecule is CC(C)(O)C#Cc1cc(/N=C\Nc2ccc(O)cc2)c(C=O)s1. The first-order valence-corrected chi connectivity index (χ1v) is 7.62. The first-order valence-electron chi connectivity index (χ1n) is 6.80. The van der Waals surface area contributed by atoms with Crippen LogP contribution in [0.4, 0.5) is 11.4 Å². The molecule has 0 aliphatic rings. The number of phenolic OH excluding ortho intramolecular Hbond substituents is 1. The highest BCUT2D eigenvalue weighted by Gasteiger charge is 2.08. The second kappa shape index (κ2) is 7.09. The molecule has 0 unspecified atom stereocenters. The number of hydrogen-bond acceptors (Lipinski definition) is 5. The molecule has 23 heavy (non-hydrogen) atoms. The average Bonchev–Trinajstić information content (AvgIpc) is 2.89. The van der Waals surface area contributed by atoms with Gasteiger partial charge in [0.25, 0.3) is 0 Å². The number of hydrogen-bond donors (Lipinski definition) is 3. The van der Waals surface area contributed by atoms with Crippen LogP contribution < -0.4 is 5.32 Å². The zero-order valence-corrected chi connectivity index (χ0v) is 13.5. The molecule has 1 aromatic carbocycles. The molecule has 2 aromatic rings. The smallest absolute Gasteiger partial charge is 0.162 e. The first kappa shape index (κ1) is 16.7. The van der Waals surface area contributed by atoms with Crippen LogP contribution in [0.2, 0.25) is 0 Å². The molecule has 1 aromatic heterocycles. The summed E-state index contributed by atoms with van der Waals surface area (Å²) >= 11 is 1.22. The Balaban J connectivity index is 2.13. The van der Waals surface area contributed by atoms with Crippen LogP contribution in [-0.2, 0) is 0 Å². The van der Waals surface area contributed by atoms with Gasteiger partial charge < -0.3 is 15.5 Å². The number of carbonyl (C=O) groups excluding carboxylic acids is 1. The lowest BCUT2D eigenvalue weighted by molar-refractivity contribution is 0.112. The van der Waals surface area contributed by atoms with Crippen molar-refractivity contribution in [2.45, 2.75) is 19.4 Å². The molecule has 5 nitrogen and oxygen atoms in total. The molecule has 0 atom stereocenters. The van der Waals surface area contributed by atoms with Gasteiger partial charge in [-0.1, -0.05) is 11.8 Å². The molecule has 0 aliphatic heterocycles. The van der Waals surface area contributed by atoms with E-state index in [0.717, 1.165) is 12.0 Å². The summed E-state index contributed by atoms with van der Waals surface area (Å²) in [5, 5.41) is 21.8. The van der Waals surface area contributed by atoms with Crippen LogP contribution in [-0.4, -0.2) is 28.4 Å². The van der Waals surface area contributed by atoms with E-state index in [4.69, 9.17) is 0 Å². The van der Waals surface area contributed by atoms with Crippen LogP contribution in [0.5, 0.6) is 5.75 Å². The third-order valence-electron chi connectivity index (χ3n) is 2.64. The Labute approximate surface area is 138 Å². The molecule has 0 saturated carbocycles. The van der Waals surface area contributed by atoms with Gasteiger partial charge in [-0.25, -0.2) is 4.99 Å². The molecule has 0 saturated heterocycles. The molecule has 118 valence electrons. The molecule has 0 radical (unpaired) electrons. The fraction of sp³-hybridized carbons (Fsp3) is 0.176. The lowest BCUT2D eigenvalue weighted by Crippen LogP contribution is -2.14. The van der Waals surface area contributed by atoms with Crippen molar-refractivity contribution in [2.24, 2.45) is 4.99 Å². The Bertz CT molecular complexity index is 775. The molecule has 0 aliphatic carbocycles. The molecular weight excluding hydrogens is 312 g/mol. The van der Waals surface area contributed by atoms with Crippen molar-refractivity contribution in [2.75, 3.05) is 5.32 Å². The summed E-state index contributed by atoms with van der Waals surface area (Å²) in [6, 6.07) is 8.22. The summed E-state index contributed by atoms with van der Waals surface area (Å²) in [6.07, 6.45) is 2.20. The Kier molecular flexibility index (Phi) is 5.16. The Morgan fingerprint density at radius 2 is 2.00 bits per heavy atom. The standard InChI is InChI=1S/C17H16N2O3S/c1-17(2,22)8-7-14-9-15(16(10-20)23-14)19-11-18-12-3-5-13(21)6-4-12/h3-6,9-11,21-22H,1-2H3,(H,18,19). The molecule has 0 bridgehead atoms. The maximum Gasteiger partial charge on any atom is 0.162 e. The summed E-state index contributed by atoms with van der Waals surface area (Å²) in [5.74, 6) is 5.71. The molecule has 0 spiro atoms. The van der Waals surface area contributed by atoms with Crippen molar-refractivity contribution in [3.05, 3.63) is 40.1 Å². The number of rotatable bonds is 4. The van der Waals surface area contributed by atoms with Crippen molar-refractivity contribution < 1.29 is 15.0 Å². The Morgan fingerprint density at radius 1 is 1.30 bits per heavy atom. The third-order valence-corrected chi connectivity index (χ3v) is 3.61. The van der Waals surface area contributed by atoms with Crippen LogP contribution in [0.25, 0.3) is 0 Å². The van der Waals surface area contributed by atoms with E-state index in [1.807, 2.05) is 0 Å². The number of phenols is 1. The van der Waals surface area contributed by atoms with Crippen LogP contribution in [0.3, 0.4) is 0 Å². The summed E-state index contributed by atoms with van der Waals surface area (Å²) in [5.41, 5.74) is 0.183. The van der Waals surface area contributed by atoms with Crippen molar-refractivity contribution in [3.8, 4) is 17.6 Å². The number of aromatic hydroxyl groups is 1. The van der Waals surface area contributed by atoms with E-state index in [1.54, 1.807) is 44.2 Å². The first-order chi connectivity index (χ1) is 10.9. The molecule has 3 N–H and O–H groups in total. The van der Waals surface area contributed by atoms with Crippen molar-refractivity contribution in [1.29, 1.82) is 0 Å². The zero-order chi connectivity index (χ0) is 16.9. The second-order valence-electron chi connectivity index (χ2n) is 5.24. The number of anilines is 1. The molecule has 2 rings (SSSR count). The fourth-order valence-electron chi connectivity index (χ4n) is 1.59. The summed E-state index contributed by atoms with van der Waals surface area (Å²) in [4.78, 5) is 16.4. The Morgan fingerprint density at radius 3 is 2.61 bits per heavy atom. The summed E-state index contributed by atoms with van der Waals surface area (Å²) in [6.45, 7) is 3.18.